The lowest BCUT2D eigenvalue weighted by Gasteiger charge is -2.17. The number of nitrogens with zero attached hydrogens (tertiary/aromatic N) is 6. The molecule has 0 radical (unpaired) electrons. The molecule has 0 fully saturated rings. The number of rotatable bonds is 8. The molecule has 9 rings (SSSR count). The average Bonchev–Trinajstić information content (AvgIpc) is 3.27. The molecule has 0 amide bonds. The molecular weight excluding hydrogens is 661 g/mol. The molecule has 6 nitrogen and oxygen atoms in total. The van der Waals surface area contributed by atoms with Crippen LogP contribution >= 0.6 is 0 Å². The third-order valence-corrected chi connectivity index (χ3v) is 9.26. The fourth-order valence-corrected chi connectivity index (χ4v) is 6.60. The van der Waals surface area contributed by atoms with Crippen molar-refractivity contribution < 1.29 is 0 Å². The van der Waals surface area contributed by atoms with Crippen LogP contribution in [0.5, 0.6) is 0 Å². The zero-order valence-electron chi connectivity index (χ0n) is 29.2. The standard InChI is InChI=1S/C48H32N6/c1-3-14-34(15-4-1)45-47(54-48(46(53-45)35-16-5-2-6-17-35)38-19-13-18-37(30-38)40-20-7-10-27-49-40)36-25-23-33(24-26-36)39-31-43(41-21-8-11-28-50-41)52-44(32-39)42-22-9-12-29-51-42/h1-32H. The summed E-state index contributed by atoms with van der Waals surface area (Å²) in [5.74, 6) is 0. The zero-order chi connectivity index (χ0) is 36.1. The summed E-state index contributed by atoms with van der Waals surface area (Å²) in [5, 5.41) is 0. The molecule has 5 aromatic heterocycles. The second-order valence-corrected chi connectivity index (χ2v) is 12.8. The summed E-state index contributed by atoms with van der Waals surface area (Å²) in [6.07, 6.45) is 5.39. The number of benzene rings is 4. The van der Waals surface area contributed by atoms with Gasteiger partial charge in [-0.1, -0.05) is 121 Å². The quantitative estimate of drug-likeness (QED) is 0.158. The fourth-order valence-electron chi connectivity index (χ4n) is 6.60. The van der Waals surface area contributed by atoms with Crippen LogP contribution in [0.3, 0.4) is 0 Å². The Morgan fingerprint density at radius 2 is 0.630 bits per heavy atom. The highest BCUT2D eigenvalue weighted by Gasteiger charge is 2.20. The van der Waals surface area contributed by atoms with Crippen LogP contribution in [0.1, 0.15) is 0 Å². The van der Waals surface area contributed by atoms with Crippen molar-refractivity contribution >= 4 is 0 Å². The summed E-state index contributed by atoms with van der Waals surface area (Å²) in [4.78, 5) is 29.7. The maximum absolute atomic E-state index is 5.50. The minimum Gasteiger partial charge on any atom is -0.256 e. The number of aromatic nitrogens is 6. The number of hydrogen-bond acceptors (Lipinski definition) is 6. The van der Waals surface area contributed by atoms with Crippen molar-refractivity contribution in [1.29, 1.82) is 0 Å². The first-order valence-electron chi connectivity index (χ1n) is 17.8. The molecule has 0 unspecified atom stereocenters. The van der Waals surface area contributed by atoms with Crippen molar-refractivity contribution in [3.05, 3.63) is 195 Å². The zero-order valence-corrected chi connectivity index (χ0v) is 29.2. The molecule has 254 valence electrons. The molecule has 0 atom stereocenters. The lowest BCUT2D eigenvalue weighted by Crippen LogP contribution is -2.01. The maximum Gasteiger partial charge on any atom is 0.0973 e. The highest BCUT2D eigenvalue weighted by Crippen LogP contribution is 2.39. The van der Waals surface area contributed by atoms with Gasteiger partial charge in [-0.25, -0.2) is 15.0 Å². The second-order valence-electron chi connectivity index (χ2n) is 12.8. The van der Waals surface area contributed by atoms with Gasteiger partial charge in [-0.2, -0.15) is 0 Å². The first-order chi connectivity index (χ1) is 26.8. The van der Waals surface area contributed by atoms with E-state index in [9.17, 15) is 0 Å². The smallest absolute Gasteiger partial charge is 0.0973 e. The minimum atomic E-state index is 0.782. The summed E-state index contributed by atoms with van der Waals surface area (Å²) in [6, 6.07) is 59.3. The monoisotopic (exact) mass is 692 g/mol. The molecule has 0 aliphatic carbocycles. The van der Waals surface area contributed by atoms with Crippen LogP contribution in [0.2, 0.25) is 0 Å². The van der Waals surface area contributed by atoms with E-state index in [-0.39, 0.29) is 0 Å². The maximum atomic E-state index is 5.50. The van der Waals surface area contributed by atoms with E-state index < -0.39 is 0 Å². The van der Waals surface area contributed by atoms with Crippen molar-refractivity contribution in [1.82, 2.24) is 29.9 Å². The van der Waals surface area contributed by atoms with Crippen LogP contribution in [0.25, 0.3) is 90.2 Å². The topological polar surface area (TPSA) is 77.3 Å². The van der Waals surface area contributed by atoms with Crippen molar-refractivity contribution in [2.24, 2.45) is 0 Å². The Bertz CT molecular complexity index is 2610. The molecule has 9 aromatic rings. The molecule has 4 aromatic carbocycles. The molecule has 5 heterocycles. The van der Waals surface area contributed by atoms with Gasteiger partial charge in [0.05, 0.1) is 51.2 Å². The predicted molar refractivity (Wildman–Crippen MR) is 217 cm³/mol. The predicted octanol–water partition coefficient (Wildman–Crippen LogP) is 11.4. The first-order valence-corrected chi connectivity index (χ1v) is 17.8. The number of pyridine rings is 4. The molecule has 0 spiro atoms. The van der Waals surface area contributed by atoms with E-state index >= 15 is 0 Å². The highest BCUT2D eigenvalue weighted by atomic mass is 14.9. The van der Waals surface area contributed by atoms with E-state index in [1.165, 1.54) is 0 Å². The summed E-state index contributed by atoms with van der Waals surface area (Å²) in [7, 11) is 0. The number of hydrogen-bond donors (Lipinski definition) is 0. The molecule has 0 N–H and O–H groups in total. The lowest BCUT2D eigenvalue weighted by atomic mass is 9.96. The summed E-state index contributed by atoms with van der Waals surface area (Å²) in [6.45, 7) is 0. The highest BCUT2D eigenvalue weighted by molar-refractivity contribution is 5.88. The fraction of sp³-hybridized carbons (Fsp3) is 0. The van der Waals surface area contributed by atoms with Crippen LogP contribution in [0.15, 0.2) is 195 Å². The van der Waals surface area contributed by atoms with Gasteiger partial charge in [0.2, 0.25) is 0 Å². The molecule has 0 saturated carbocycles. The van der Waals surface area contributed by atoms with Gasteiger partial charge in [0, 0.05) is 46.4 Å². The van der Waals surface area contributed by atoms with E-state index in [4.69, 9.17) is 15.0 Å². The Labute approximate surface area is 313 Å². The van der Waals surface area contributed by atoms with Gasteiger partial charge in [0.15, 0.2) is 0 Å². The van der Waals surface area contributed by atoms with E-state index in [1.54, 1.807) is 12.4 Å². The van der Waals surface area contributed by atoms with Crippen LogP contribution in [0.4, 0.5) is 0 Å². The Morgan fingerprint density at radius 1 is 0.222 bits per heavy atom. The normalized spacial score (nSPS) is 11.0. The van der Waals surface area contributed by atoms with Gasteiger partial charge in [-0.3, -0.25) is 15.0 Å². The van der Waals surface area contributed by atoms with Crippen LogP contribution in [-0.2, 0) is 0 Å². The van der Waals surface area contributed by atoms with E-state index in [2.05, 4.69) is 99.9 Å². The molecule has 0 aliphatic rings. The average molecular weight is 693 g/mol. The van der Waals surface area contributed by atoms with Crippen LogP contribution in [-0.4, -0.2) is 29.9 Å². The van der Waals surface area contributed by atoms with E-state index in [0.717, 1.165) is 90.2 Å². The van der Waals surface area contributed by atoms with Gasteiger partial charge in [-0.15, -0.1) is 0 Å². The third-order valence-electron chi connectivity index (χ3n) is 9.26. The molecule has 0 saturated heterocycles. The molecule has 6 heteroatoms. The Balaban J connectivity index is 1.21. The van der Waals surface area contributed by atoms with Crippen molar-refractivity contribution in [3.63, 3.8) is 0 Å². The van der Waals surface area contributed by atoms with Gasteiger partial charge in [-0.05, 0) is 65.7 Å². The Kier molecular flexibility index (Phi) is 8.81. The third kappa shape index (κ3) is 6.67. The van der Waals surface area contributed by atoms with Gasteiger partial charge in [0.1, 0.15) is 0 Å². The lowest BCUT2D eigenvalue weighted by molar-refractivity contribution is 1.21. The minimum absolute atomic E-state index is 0.782. The Morgan fingerprint density at radius 3 is 1.13 bits per heavy atom. The molecule has 54 heavy (non-hydrogen) atoms. The Hall–Kier alpha value is -7.44. The van der Waals surface area contributed by atoms with Crippen molar-refractivity contribution in [2.75, 3.05) is 0 Å². The van der Waals surface area contributed by atoms with E-state index in [1.807, 2.05) is 97.2 Å². The van der Waals surface area contributed by atoms with Gasteiger partial charge >= 0.3 is 0 Å². The van der Waals surface area contributed by atoms with Gasteiger partial charge in [0.25, 0.3) is 0 Å². The second kappa shape index (κ2) is 14.7. The van der Waals surface area contributed by atoms with Crippen molar-refractivity contribution in [2.45, 2.75) is 0 Å². The first kappa shape index (κ1) is 32.5. The van der Waals surface area contributed by atoms with Crippen LogP contribution < -0.4 is 0 Å². The summed E-state index contributed by atoms with van der Waals surface area (Å²) < 4.78 is 0. The molecule has 0 aliphatic heterocycles. The summed E-state index contributed by atoms with van der Waals surface area (Å²) in [5.41, 5.74) is 14.2. The summed E-state index contributed by atoms with van der Waals surface area (Å²) >= 11 is 0. The molecular formula is C48H32N6. The van der Waals surface area contributed by atoms with Crippen LogP contribution in [0, 0.1) is 0 Å². The SMILES string of the molecule is c1ccc(-c2nc(-c3ccccc3)c(-c3cccc(-c4ccccn4)c3)nc2-c2ccc(-c3cc(-c4ccccn4)nc(-c4ccccn4)c3)cc2)cc1. The van der Waals surface area contributed by atoms with Gasteiger partial charge < -0.3 is 0 Å². The molecule has 0 bridgehead atoms. The largest absolute Gasteiger partial charge is 0.256 e. The van der Waals surface area contributed by atoms with E-state index in [0.29, 0.717) is 0 Å². The van der Waals surface area contributed by atoms with Crippen molar-refractivity contribution in [3.8, 4) is 90.2 Å².